The molecule has 6 atom stereocenters. The fourth-order valence-corrected chi connectivity index (χ4v) is 2.24. The maximum Gasteiger partial charge on any atom is 0.129 e. The molecule has 1 fully saturated rings. The lowest BCUT2D eigenvalue weighted by Gasteiger charge is -2.50. The Morgan fingerprint density at radius 3 is 1.78 bits per heavy atom. The summed E-state index contributed by atoms with van der Waals surface area (Å²) in [5.41, 5.74) is -1.62. The molecule has 104 valence electrons. The Morgan fingerprint density at radius 1 is 0.889 bits per heavy atom. The highest BCUT2D eigenvalue weighted by atomic mass is 16.5. The van der Waals surface area contributed by atoms with Gasteiger partial charge < -0.3 is 30.3 Å². The fourth-order valence-electron chi connectivity index (χ4n) is 2.24. The molecule has 0 aromatic rings. The van der Waals surface area contributed by atoms with Gasteiger partial charge in [-0.25, -0.2) is 0 Å². The Morgan fingerprint density at radius 2 is 1.39 bits per heavy atom. The van der Waals surface area contributed by atoms with Crippen LogP contribution in [-0.4, -0.2) is 68.3 Å². The van der Waals surface area contributed by atoms with Gasteiger partial charge in [0.1, 0.15) is 36.1 Å². The van der Waals surface area contributed by atoms with Gasteiger partial charge in [-0.05, 0) is 6.42 Å². The molecule has 0 saturated heterocycles. The van der Waals surface area contributed by atoms with E-state index in [0.717, 1.165) is 0 Å². The molecular formula is C12H20O6. The van der Waals surface area contributed by atoms with Crippen LogP contribution in [0, 0.1) is 0 Å². The predicted octanol–water partition coefficient (Wildman–Crippen LogP) is -1.68. The van der Waals surface area contributed by atoms with Crippen LogP contribution in [0.25, 0.3) is 0 Å². The zero-order valence-corrected chi connectivity index (χ0v) is 10.0. The molecule has 0 aromatic heterocycles. The lowest BCUT2D eigenvalue weighted by molar-refractivity contribution is -0.279. The molecule has 0 aromatic carbocycles. The zero-order chi connectivity index (χ0) is 13.9. The Labute approximate surface area is 105 Å². The molecule has 0 radical (unpaired) electrons. The first kappa shape index (κ1) is 15.3. The van der Waals surface area contributed by atoms with Crippen molar-refractivity contribution in [3.63, 3.8) is 0 Å². The molecule has 6 nitrogen and oxygen atoms in total. The third kappa shape index (κ3) is 2.35. The molecule has 6 heteroatoms. The highest BCUT2D eigenvalue weighted by Gasteiger charge is 2.58. The Bertz CT molecular complexity index is 289. The van der Waals surface area contributed by atoms with Gasteiger partial charge in [-0.1, -0.05) is 12.2 Å². The summed E-state index contributed by atoms with van der Waals surface area (Å²) in [5.74, 6) is 0. The number of aliphatic hydroxyl groups is 5. The maximum atomic E-state index is 10.0. The number of hydrogen-bond donors (Lipinski definition) is 5. The second kappa shape index (κ2) is 5.92. The summed E-state index contributed by atoms with van der Waals surface area (Å²) in [6.07, 6.45) is -5.17. The van der Waals surface area contributed by atoms with Crippen LogP contribution in [0.1, 0.15) is 6.42 Å². The minimum Gasteiger partial charge on any atom is -0.387 e. The molecule has 2 unspecified atom stereocenters. The summed E-state index contributed by atoms with van der Waals surface area (Å²) in [6.45, 7) is 6.95. The third-order valence-electron chi connectivity index (χ3n) is 3.28. The topological polar surface area (TPSA) is 110 Å². The quantitative estimate of drug-likeness (QED) is 0.378. The van der Waals surface area contributed by atoms with E-state index in [1.165, 1.54) is 12.2 Å². The van der Waals surface area contributed by atoms with Gasteiger partial charge in [-0.3, -0.25) is 0 Å². The van der Waals surface area contributed by atoms with Crippen molar-refractivity contribution in [1.82, 2.24) is 0 Å². The molecule has 0 heterocycles. The molecule has 0 aliphatic heterocycles. The van der Waals surface area contributed by atoms with Gasteiger partial charge in [0.05, 0.1) is 6.61 Å². The normalized spacial score (nSPS) is 44.6. The van der Waals surface area contributed by atoms with E-state index in [9.17, 15) is 25.5 Å². The molecular weight excluding hydrogens is 240 g/mol. The second-order valence-electron chi connectivity index (χ2n) is 4.41. The van der Waals surface area contributed by atoms with Gasteiger partial charge in [-0.2, -0.15) is 0 Å². The van der Waals surface area contributed by atoms with Crippen LogP contribution in [0.3, 0.4) is 0 Å². The van der Waals surface area contributed by atoms with Crippen molar-refractivity contribution in [2.24, 2.45) is 0 Å². The van der Waals surface area contributed by atoms with Crippen LogP contribution >= 0.6 is 0 Å². The van der Waals surface area contributed by atoms with Crippen molar-refractivity contribution in [1.29, 1.82) is 0 Å². The summed E-state index contributed by atoms with van der Waals surface area (Å²) in [6, 6.07) is 0. The molecule has 1 rings (SSSR count). The van der Waals surface area contributed by atoms with Crippen molar-refractivity contribution < 1.29 is 30.3 Å². The maximum absolute atomic E-state index is 10.0. The van der Waals surface area contributed by atoms with Gasteiger partial charge in [0.25, 0.3) is 0 Å². The van der Waals surface area contributed by atoms with Gasteiger partial charge in [0.2, 0.25) is 0 Å². The van der Waals surface area contributed by atoms with Crippen LogP contribution in [0.15, 0.2) is 25.3 Å². The van der Waals surface area contributed by atoms with Crippen molar-refractivity contribution >= 4 is 0 Å². The Kier molecular flexibility index (Phi) is 5.03. The molecule has 1 aliphatic carbocycles. The van der Waals surface area contributed by atoms with E-state index < -0.39 is 36.1 Å². The Hall–Kier alpha value is -0.760. The first-order valence-electron chi connectivity index (χ1n) is 5.68. The number of hydrogen-bond acceptors (Lipinski definition) is 6. The van der Waals surface area contributed by atoms with E-state index in [1.807, 2.05) is 0 Å². The molecule has 0 spiro atoms. The van der Waals surface area contributed by atoms with Gasteiger partial charge in [-0.15, -0.1) is 13.2 Å². The zero-order valence-electron chi connectivity index (χ0n) is 10.0. The van der Waals surface area contributed by atoms with Crippen molar-refractivity contribution in [3.05, 3.63) is 25.3 Å². The molecule has 0 amide bonds. The Balaban J connectivity index is 3.10. The smallest absolute Gasteiger partial charge is 0.129 e. The highest BCUT2D eigenvalue weighted by molar-refractivity contribution is 5.11. The van der Waals surface area contributed by atoms with Crippen LogP contribution in [0.4, 0.5) is 0 Å². The van der Waals surface area contributed by atoms with Crippen LogP contribution in [-0.2, 0) is 4.74 Å². The monoisotopic (exact) mass is 260 g/mol. The second-order valence-corrected chi connectivity index (χ2v) is 4.41. The molecule has 0 bridgehead atoms. The average molecular weight is 260 g/mol. The number of aliphatic hydroxyl groups excluding tert-OH is 5. The minimum atomic E-state index is -1.64. The summed E-state index contributed by atoms with van der Waals surface area (Å²) >= 11 is 0. The number of ether oxygens (including phenoxy) is 1. The first-order chi connectivity index (χ1) is 8.42. The molecule has 1 saturated carbocycles. The van der Waals surface area contributed by atoms with E-state index >= 15 is 0 Å². The molecule has 1 aliphatic rings. The van der Waals surface area contributed by atoms with Gasteiger partial charge in [0, 0.05) is 0 Å². The molecule has 5 N–H and O–H groups in total. The minimum absolute atomic E-state index is 0.00398. The van der Waals surface area contributed by atoms with E-state index in [0.29, 0.717) is 0 Å². The predicted molar refractivity (Wildman–Crippen MR) is 63.7 cm³/mol. The first-order valence-corrected chi connectivity index (χ1v) is 5.68. The molecule has 18 heavy (non-hydrogen) atoms. The summed E-state index contributed by atoms with van der Waals surface area (Å²) < 4.78 is 5.35. The fraction of sp³-hybridized carbons (Fsp3) is 0.667. The lowest BCUT2D eigenvalue weighted by Crippen LogP contribution is -2.71. The van der Waals surface area contributed by atoms with E-state index in [-0.39, 0.29) is 13.0 Å². The van der Waals surface area contributed by atoms with Crippen molar-refractivity contribution in [2.45, 2.75) is 42.5 Å². The van der Waals surface area contributed by atoms with E-state index in [1.54, 1.807) is 0 Å². The SMILES string of the molecule is C=CCOC1(CC=C)[C@@H](O)[C@H](O)C(O)[C@H](O)[C@@H]1O. The highest BCUT2D eigenvalue weighted by Crippen LogP contribution is 2.36. The lowest BCUT2D eigenvalue weighted by atomic mass is 9.73. The third-order valence-corrected chi connectivity index (χ3v) is 3.28. The van der Waals surface area contributed by atoms with Crippen LogP contribution in [0.5, 0.6) is 0 Å². The summed E-state index contributed by atoms with van der Waals surface area (Å²) in [4.78, 5) is 0. The average Bonchev–Trinajstić information content (AvgIpc) is 2.38. The van der Waals surface area contributed by atoms with Gasteiger partial charge >= 0.3 is 0 Å². The summed E-state index contributed by atoms with van der Waals surface area (Å²) in [5, 5.41) is 48.9. The van der Waals surface area contributed by atoms with Gasteiger partial charge in [0.15, 0.2) is 0 Å². The summed E-state index contributed by atoms with van der Waals surface area (Å²) in [7, 11) is 0. The van der Waals surface area contributed by atoms with Crippen molar-refractivity contribution in [2.75, 3.05) is 6.61 Å². The van der Waals surface area contributed by atoms with Crippen LogP contribution in [0.2, 0.25) is 0 Å². The van der Waals surface area contributed by atoms with Crippen molar-refractivity contribution in [3.8, 4) is 0 Å². The van der Waals surface area contributed by atoms with E-state index in [2.05, 4.69) is 13.2 Å². The number of rotatable bonds is 5. The van der Waals surface area contributed by atoms with E-state index in [4.69, 9.17) is 4.74 Å². The largest absolute Gasteiger partial charge is 0.387 e. The standard InChI is InChI=1S/C12H20O6/c1-3-5-12(18-6-4-2)10(16)8(14)7(13)9(15)11(12)17/h3-4,7-11,13-17H,1-2,5-6H2/t7?,8-,9+,10-,11-,12?/m0/s1. The van der Waals surface area contributed by atoms with Crippen LogP contribution < -0.4 is 0 Å².